The number of nitrogens with one attached hydrogen (secondary N) is 3. The molecule has 0 aromatic carbocycles. The van der Waals surface area contributed by atoms with Gasteiger partial charge in [0.1, 0.15) is 0 Å². The quantitative estimate of drug-likeness (QED) is 0.328. The lowest BCUT2D eigenvalue weighted by Crippen LogP contribution is -2.42. The minimum Gasteiger partial charge on any atom is -0.356 e. The molecule has 0 aromatic heterocycles. The van der Waals surface area contributed by atoms with E-state index in [1.54, 1.807) is 14.0 Å². The van der Waals surface area contributed by atoms with Gasteiger partial charge in [-0.05, 0) is 25.7 Å². The summed E-state index contributed by atoms with van der Waals surface area (Å²) in [5.41, 5.74) is 0. The molecule has 0 bridgehead atoms. The molecule has 0 amide bonds. The maximum absolute atomic E-state index is 11.2. The molecule has 0 heterocycles. The summed E-state index contributed by atoms with van der Waals surface area (Å²) in [5, 5.41) is 6.27. The van der Waals surface area contributed by atoms with Crippen LogP contribution in [0.4, 0.5) is 0 Å². The first-order chi connectivity index (χ1) is 8.07. The molecule has 0 spiro atoms. The molecule has 17 heavy (non-hydrogen) atoms. The zero-order valence-corrected chi connectivity index (χ0v) is 11.3. The average molecular weight is 262 g/mol. The van der Waals surface area contributed by atoms with E-state index in [2.05, 4.69) is 20.3 Å². The Morgan fingerprint density at radius 2 is 2.00 bits per heavy atom. The smallest absolute Gasteiger partial charge is 0.211 e. The van der Waals surface area contributed by atoms with Gasteiger partial charge in [-0.3, -0.25) is 4.99 Å². The minimum absolute atomic E-state index is 0.113. The first kappa shape index (κ1) is 14.2. The first-order valence-corrected chi connectivity index (χ1v) is 7.64. The summed E-state index contributed by atoms with van der Waals surface area (Å²) in [7, 11) is -1.38. The minimum atomic E-state index is -3.09. The Morgan fingerprint density at radius 1 is 1.29 bits per heavy atom. The van der Waals surface area contributed by atoms with Crippen LogP contribution in [0.1, 0.15) is 19.8 Å². The predicted octanol–water partition coefficient (Wildman–Crippen LogP) is -0.499. The fourth-order valence-electron chi connectivity index (χ4n) is 1.27. The van der Waals surface area contributed by atoms with Crippen molar-refractivity contribution in [3.8, 4) is 0 Å². The average Bonchev–Trinajstić information content (AvgIpc) is 3.12. The molecule has 0 unspecified atom stereocenters. The molecule has 7 heteroatoms. The van der Waals surface area contributed by atoms with Gasteiger partial charge in [-0.2, -0.15) is 0 Å². The van der Waals surface area contributed by atoms with Gasteiger partial charge >= 0.3 is 0 Å². The number of sulfonamides is 1. The monoisotopic (exact) mass is 262 g/mol. The number of aliphatic imine (C=N–C) groups is 1. The summed E-state index contributed by atoms with van der Waals surface area (Å²) >= 11 is 0. The van der Waals surface area contributed by atoms with Crippen molar-refractivity contribution in [2.24, 2.45) is 10.9 Å². The maximum Gasteiger partial charge on any atom is 0.211 e. The Bertz CT molecular complexity index is 349. The summed E-state index contributed by atoms with van der Waals surface area (Å²) in [6.07, 6.45) is 2.58. The van der Waals surface area contributed by atoms with E-state index in [9.17, 15) is 8.42 Å². The van der Waals surface area contributed by atoms with E-state index in [1.165, 1.54) is 12.8 Å². The van der Waals surface area contributed by atoms with Crippen molar-refractivity contribution in [3.05, 3.63) is 0 Å². The Balaban J connectivity index is 2.10. The van der Waals surface area contributed by atoms with Crippen molar-refractivity contribution in [2.45, 2.75) is 19.8 Å². The molecule has 1 saturated carbocycles. The van der Waals surface area contributed by atoms with Crippen LogP contribution in [0.3, 0.4) is 0 Å². The van der Waals surface area contributed by atoms with E-state index >= 15 is 0 Å². The first-order valence-electron chi connectivity index (χ1n) is 5.99. The van der Waals surface area contributed by atoms with E-state index in [-0.39, 0.29) is 5.75 Å². The van der Waals surface area contributed by atoms with Crippen LogP contribution in [0.5, 0.6) is 0 Å². The number of hydrogen-bond acceptors (Lipinski definition) is 3. The highest BCUT2D eigenvalue weighted by molar-refractivity contribution is 7.89. The molecule has 0 aliphatic heterocycles. The Labute approximate surface area is 103 Å². The van der Waals surface area contributed by atoms with Crippen molar-refractivity contribution in [3.63, 3.8) is 0 Å². The molecule has 0 aromatic rings. The van der Waals surface area contributed by atoms with Gasteiger partial charge in [-0.1, -0.05) is 0 Å². The molecule has 0 radical (unpaired) electrons. The molecule has 0 saturated heterocycles. The Hall–Kier alpha value is -0.820. The largest absolute Gasteiger partial charge is 0.356 e. The van der Waals surface area contributed by atoms with Gasteiger partial charge in [0, 0.05) is 26.7 Å². The van der Waals surface area contributed by atoms with E-state index in [1.807, 2.05) is 0 Å². The van der Waals surface area contributed by atoms with Crippen LogP contribution in [-0.2, 0) is 10.0 Å². The fraction of sp³-hybridized carbons (Fsp3) is 0.900. The second-order valence-electron chi connectivity index (χ2n) is 4.12. The summed E-state index contributed by atoms with van der Waals surface area (Å²) in [5.74, 6) is 1.63. The molecular weight excluding hydrogens is 240 g/mol. The molecule has 100 valence electrons. The standard InChI is InChI=1S/C10H22N4O2S/c1-3-17(15,16)14-7-6-12-10(11-2)13-8-9-4-5-9/h9,14H,3-8H2,1-2H3,(H2,11,12,13). The molecule has 3 N–H and O–H groups in total. The third-order valence-electron chi connectivity index (χ3n) is 2.60. The van der Waals surface area contributed by atoms with Crippen molar-refractivity contribution in [1.82, 2.24) is 15.4 Å². The van der Waals surface area contributed by atoms with Crippen LogP contribution in [0.15, 0.2) is 4.99 Å². The molecule has 1 aliphatic carbocycles. The van der Waals surface area contributed by atoms with Crippen LogP contribution in [0.2, 0.25) is 0 Å². The third kappa shape index (κ3) is 6.48. The molecule has 1 rings (SSSR count). The lowest BCUT2D eigenvalue weighted by Gasteiger charge is -2.11. The summed E-state index contributed by atoms with van der Waals surface area (Å²) in [6, 6.07) is 0. The molecule has 6 nitrogen and oxygen atoms in total. The summed E-state index contributed by atoms with van der Waals surface area (Å²) < 4.78 is 24.8. The fourth-order valence-corrected chi connectivity index (χ4v) is 1.89. The number of guanidine groups is 1. The van der Waals surface area contributed by atoms with Crippen LogP contribution in [0, 0.1) is 5.92 Å². The van der Waals surface area contributed by atoms with Crippen LogP contribution >= 0.6 is 0 Å². The second kappa shape index (κ2) is 6.80. The van der Waals surface area contributed by atoms with Gasteiger partial charge < -0.3 is 10.6 Å². The van der Waals surface area contributed by atoms with Crippen molar-refractivity contribution in [2.75, 3.05) is 32.4 Å². The third-order valence-corrected chi connectivity index (χ3v) is 4.00. The molecule has 1 fully saturated rings. The van der Waals surface area contributed by atoms with Crippen LogP contribution in [-0.4, -0.2) is 46.8 Å². The van der Waals surface area contributed by atoms with E-state index in [0.29, 0.717) is 13.1 Å². The highest BCUT2D eigenvalue weighted by atomic mass is 32.2. The normalized spacial score (nSPS) is 16.9. The SMILES string of the molecule is CCS(=O)(=O)NCCNC(=NC)NCC1CC1. The van der Waals surface area contributed by atoms with Crippen LogP contribution < -0.4 is 15.4 Å². The number of hydrogen-bond donors (Lipinski definition) is 3. The van der Waals surface area contributed by atoms with Gasteiger partial charge in [0.15, 0.2) is 5.96 Å². The predicted molar refractivity (Wildman–Crippen MR) is 69.6 cm³/mol. The van der Waals surface area contributed by atoms with Gasteiger partial charge in [0.05, 0.1) is 5.75 Å². The van der Waals surface area contributed by atoms with E-state index in [0.717, 1.165) is 18.4 Å². The Kier molecular flexibility index (Phi) is 5.70. The zero-order chi connectivity index (χ0) is 12.7. The van der Waals surface area contributed by atoms with E-state index in [4.69, 9.17) is 0 Å². The van der Waals surface area contributed by atoms with Crippen molar-refractivity contribution >= 4 is 16.0 Å². The lowest BCUT2D eigenvalue weighted by molar-refractivity contribution is 0.581. The second-order valence-corrected chi connectivity index (χ2v) is 6.22. The van der Waals surface area contributed by atoms with Crippen molar-refractivity contribution < 1.29 is 8.42 Å². The summed E-state index contributed by atoms with van der Waals surface area (Å²) in [6.45, 7) is 3.47. The topological polar surface area (TPSA) is 82.6 Å². The highest BCUT2D eigenvalue weighted by Gasteiger charge is 2.20. The lowest BCUT2D eigenvalue weighted by atomic mass is 10.4. The summed E-state index contributed by atoms with van der Waals surface area (Å²) in [4.78, 5) is 4.06. The van der Waals surface area contributed by atoms with Gasteiger partial charge in [0.2, 0.25) is 10.0 Å². The zero-order valence-electron chi connectivity index (χ0n) is 10.5. The van der Waals surface area contributed by atoms with E-state index < -0.39 is 10.0 Å². The van der Waals surface area contributed by atoms with Gasteiger partial charge in [-0.15, -0.1) is 0 Å². The molecule has 1 aliphatic rings. The van der Waals surface area contributed by atoms with Gasteiger partial charge in [-0.25, -0.2) is 13.1 Å². The maximum atomic E-state index is 11.2. The molecular formula is C10H22N4O2S. The Morgan fingerprint density at radius 3 is 2.53 bits per heavy atom. The van der Waals surface area contributed by atoms with Crippen LogP contribution in [0.25, 0.3) is 0 Å². The molecule has 0 atom stereocenters. The highest BCUT2D eigenvalue weighted by Crippen LogP contribution is 2.27. The number of nitrogens with zero attached hydrogens (tertiary/aromatic N) is 1. The number of rotatable bonds is 7. The van der Waals surface area contributed by atoms with Crippen molar-refractivity contribution in [1.29, 1.82) is 0 Å². The van der Waals surface area contributed by atoms with Gasteiger partial charge in [0.25, 0.3) is 0 Å².